The van der Waals surface area contributed by atoms with Crippen molar-refractivity contribution in [2.24, 2.45) is 0 Å². The largest absolute Gasteiger partial charge is 0.384 e. The summed E-state index contributed by atoms with van der Waals surface area (Å²) in [5.41, 5.74) is 4.45. The fourth-order valence-electron chi connectivity index (χ4n) is 2.14. The van der Waals surface area contributed by atoms with Crippen molar-refractivity contribution in [3.05, 3.63) is 36.2 Å². The number of hydrogen-bond donors (Lipinski definition) is 1. The molecule has 0 aromatic heterocycles. The van der Waals surface area contributed by atoms with Crippen LogP contribution in [0.15, 0.2) is 18.2 Å². The maximum absolute atomic E-state index is 3.88. The molecule has 1 heterocycles. The zero-order valence-electron chi connectivity index (χ0n) is 8.68. The molecule has 0 fully saturated rings. The van der Waals surface area contributed by atoms with E-state index in [1.54, 1.807) is 11.1 Å². The summed E-state index contributed by atoms with van der Waals surface area (Å²) in [4.78, 5) is 0. The third-order valence-corrected chi connectivity index (χ3v) is 2.91. The number of aryl methyl sites for hydroxylation is 1. The predicted molar refractivity (Wildman–Crippen MR) is 61.5 cm³/mol. The van der Waals surface area contributed by atoms with E-state index >= 15 is 0 Å². The van der Waals surface area contributed by atoms with Crippen molar-refractivity contribution < 1.29 is 0 Å². The molecule has 1 aromatic rings. The Hall–Kier alpha value is -0.980. The van der Waals surface area contributed by atoms with Crippen LogP contribution in [0.2, 0.25) is 0 Å². The first-order chi connectivity index (χ1) is 6.92. The lowest BCUT2D eigenvalue weighted by Crippen LogP contribution is -1.91. The molecule has 1 aliphatic heterocycles. The van der Waals surface area contributed by atoms with E-state index in [0.29, 0.717) is 0 Å². The van der Waals surface area contributed by atoms with Gasteiger partial charge in [-0.3, -0.25) is 0 Å². The van der Waals surface area contributed by atoms with Crippen molar-refractivity contribution >= 4 is 5.69 Å². The lowest BCUT2D eigenvalue weighted by Gasteiger charge is -2.06. The first-order valence-electron chi connectivity index (χ1n) is 5.55. The van der Waals surface area contributed by atoms with E-state index in [0.717, 1.165) is 13.0 Å². The minimum absolute atomic E-state index is 1.06. The minimum Gasteiger partial charge on any atom is -0.384 e. The Bertz CT molecular complexity index is 304. The Morgan fingerprint density at radius 2 is 2.21 bits per heavy atom. The third-order valence-electron chi connectivity index (χ3n) is 2.91. The second-order valence-electron chi connectivity index (χ2n) is 3.93. The summed E-state index contributed by atoms with van der Waals surface area (Å²) in [5, 5.41) is 3.42. The van der Waals surface area contributed by atoms with E-state index in [4.69, 9.17) is 0 Å². The van der Waals surface area contributed by atoms with Gasteiger partial charge in [0.25, 0.3) is 0 Å². The lowest BCUT2D eigenvalue weighted by atomic mass is 9.99. The Labute approximate surface area is 86.5 Å². The van der Waals surface area contributed by atoms with E-state index in [-0.39, 0.29) is 0 Å². The van der Waals surface area contributed by atoms with Crippen molar-refractivity contribution in [1.29, 1.82) is 0 Å². The molecule has 1 N–H and O–H groups in total. The zero-order valence-corrected chi connectivity index (χ0v) is 8.68. The number of hydrogen-bond acceptors (Lipinski definition) is 1. The molecule has 14 heavy (non-hydrogen) atoms. The van der Waals surface area contributed by atoms with E-state index in [1.807, 2.05) is 0 Å². The summed E-state index contributed by atoms with van der Waals surface area (Å²) in [6.07, 6.45) is 6.01. The van der Waals surface area contributed by atoms with Gasteiger partial charge in [-0.2, -0.15) is 0 Å². The standard InChI is InChI=1S/C13H18N/c1-2-3-4-6-11-7-5-8-13-12(11)9-10-14-13/h5,7-8,14H,1-4,6,9-10H2. The maximum atomic E-state index is 3.88. The molecule has 0 atom stereocenters. The number of fused-ring (bicyclic) bond motifs is 1. The van der Waals surface area contributed by atoms with Crippen LogP contribution >= 0.6 is 0 Å². The molecule has 1 aliphatic rings. The van der Waals surface area contributed by atoms with Crippen molar-refractivity contribution in [2.45, 2.75) is 32.1 Å². The molecule has 0 spiro atoms. The molecule has 75 valence electrons. The number of benzene rings is 1. The minimum atomic E-state index is 1.06. The van der Waals surface area contributed by atoms with Gasteiger partial charge in [0.1, 0.15) is 0 Å². The highest BCUT2D eigenvalue weighted by molar-refractivity contribution is 5.58. The van der Waals surface area contributed by atoms with Crippen molar-refractivity contribution in [3.63, 3.8) is 0 Å². The van der Waals surface area contributed by atoms with Gasteiger partial charge in [0.05, 0.1) is 0 Å². The Kier molecular flexibility index (Phi) is 3.07. The number of anilines is 1. The fraction of sp³-hybridized carbons (Fsp3) is 0.462. The number of unbranched alkanes of at least 4 members (excludes halogenated alkanes) is 2. The molecular weight excluding hydrogens is 170 g/mol. The molecule has 0 saturated heterocycles. The van der Waals surface area contributed by atoms with E-state index < -0.39 is 0 Å². The Morgan fingerprint density at radius 1 is 1.29 bits per heavy atom. The van der Waals surface area contributed by atoms with Crippen LogP contribution in [0.3, 0.4) is 0 Å². The van der Waals surface area contributed by atoms with Gasteiger partial charge in [-0.25, -0.2) is 0 Å². The monoisotopic (exact) mass is 188 g/mol. The SMILES string of the molecule is [CH2]CCCCc1cccc2c1CCN2. The summed E-state index contributed by atoms with van der Waals surface area (Å²) in [5.74, 6) is 0. The van der Waals surface area contributed by atoms with Gasteiger partial charge in [0, 0.05) is 12.2 Å². The molecule has 1 heteroatoms. The van der Waals surface area contributed by atoms with E-state index in [1.165, 1.54) is 31.4 Å². The summed E-state index contributed by atoms with van der Waals surface area (Å²) < 4.78 is 0. The van der Waals surface area contributed by atoms with E-state index in [9.17, 15) is 0 Å². The average molecular weight is 188 g/mol. The van der Waals surface area contributed by atoms with Crippen LogP contribution in [-0.2, 0) is 12.8 Å². The first kappa shape index (κ1) is 9.57. The molecule has 1 aromatic carbocycles. The topological polar surface area (TPSA) is 12.0 Å². The highest BCUT2D eigenvalue weighted by Crippen LogP contribution is 2.26. The second kappa shape index (κ2) is 4.50. The number of rotatable bonds is 4. The summed E-state index contributed by atoms with van der Waals surface area (Å²) in [6, 6.07) is 6.62. The van der Waals surface area contributed by atoms with Crippen LogP contribution in [0.25, 0.3) is 0 Å². The van der Waals surface area contributed by atoms with Crippen LogP contribution in [0.1, 0.15) is 30.4 Å². The van der Waals surface area contributed by atoms with Gasteiger partial charge >= 0.3 is 0 Å². The van der Waals surface area contributed by atoms with Crippen LogP contribution < -0.4 is 5.32 Å². The fourth-order valence-corrected chi connectivity index (χ4v) is 2.14. The van der Waals surface area contributed by atoms with E-state index in [2.05, 4.69) is 30.4 Å². The molecular formula is C13H18N. The van der Waals surface area contributed by atoms with Gasteiger partial charge in [0.2, 0.25) is 0 Å². The summed E-state index contributed by atoms with van der Waals surface area (Å²) in [6.45, 7) is 4.99. The normalized spacial score (nSPS) is 13.8. The Balaban J connectivity index is 2.06. The quantitative estimate of drug-likeness (QED) is 0.715. The molecule has 0 unspecified atom stereocenters. The van der Waals surface area contributed by atoms with Crippen molar-refractivity contribution in [3.8, 4) is 0 Å². The van der Waals surface area contributed by atoms with Gasteiger partial charge in [-0.1, -0.05) is 31.9 Å². The van der Waals surface area contributed by atoms with Gasteiger partial charge in [-0.15, -0.1) is 0 Å². The molecule has 0 aliphatic carbocycles. The van der Waals surface area contributed by atoms with Crippen LogP contribution in [0, 0.1) is 6.92 Å². The van der Waals surface area contributed by atoms with Crippen LogP contribution in [0.5, 0.6) is 0 Å². The zero-order chi connectivity index (χ0) is 9.80. The maximum Gasteiger partial charge on any atom is 0.0376 e. The lowest BCUT2D eigenvalue weighted by molar-refractivity contribution is 0.742. The highest BCUT2D eigenvalue weighted by Gasteiger charge is 2.12. The molecule has 1 radical (unpaired) electrons. The Morgan fingerprint density at radius 3 is 3.07 bits per heavy atom. The summed E-state index contributed by atoms with van der Waals surface area (Å²) >= 11 is 0. The molecule has 0 amide bonds. The van der Waals surface area contributed by atoms with Gasteiger partial charge in [0.15, 0.2) is 0 Å². The van der Waals surface area contributed by atoms with Crippen LogP contribution in [0.4, 0.5) is 5.69 Å². The first-order valence-corrected chi connectivity index (χ1v) is 5.55. The van der Waals surface area contributed by atoms with Gasteiger partial charge < -0.3 is 5.32 Å². The predicted octanol–water partition coefficient (Wildman–Crippen LogP) is 3.20. The van der Waals surface area contributed by atoms with Crippen LogP contribution in [-0.4, -0.2) is 6.54 Å². The molecule has 1 nitrogen and oxygen atoms in total. The summed E-state index contributed by atoms with van der Waals surface area (Å²) in [7, 11) is 0. The average Bonchev–Trinajstić information content (AvgIpc) is 2.67. The number of nitrogens with one attached hydrogen (secondary N) is 1. The molecule has 0 bridgehead atoms. The van der Waals surface area contributed by atoms with Crippen molar-refractivity contribution in [2.75, 3.05) is 11.9 Å². The molecule has 2 rings (SSSR count). The second-order valence-corrected chi connectivity index (χ2v) is 3.93. The van der Waals surface area contributed by atoms with Crippen molar-refractivity contribution in [1.82, 2.24) is 0 Å². The van der Waals surface area contributed by atoms with Gasteiger partial charge in [-0.05, 0) is 36.5 Å². The molecule has 0 saturated carbocycles. The third kappa shape index (κ3) is 1.92. The smallest absolute Gasteiger partial charge is 0.0376 e. The highest BCUT2D eigenvalue weighted by atomic mass is 14.9.